The fourth-order valence-corrected chi connectivity index (χ4v) is 2.90. The Morgan fingerprint density at radius 3 is 2.84 bits per heavy atom. The van der Waals surface area contributed by atoms with E-state index in [0.29, 0.717) is 68.3 Å². The van der Waals surface area contributed by atoms with E-state index in [4.69, 9.17) is 19.6 Å². The lowest BCUT2D eigenvalue weighted by atomic mass is 9.79. The predicted molar refractivity (Wildman–Crippen MR) is 97.0 cm³/mol. The Morgan fingerprint density at radius 1 is 1.40 bits per heavy atom. The van der Waals surface area contributed by atoms with Gasteiger partial charge in [0.2, 0.25) is 5.91 Å². The van der Waals surface area contributed by atoms with Crippen molar-refractivity contribution in [2.45, 2.75) is 19.3 Å². The number of hydrogen-bond donors (Lipinski definition) is 2. The Kier molecular flexibility index (Phi) is 6.78. The molecule has 8 heteroatoms. The highest BCUT2D eigenvalue weighted by atomic mass is 35.5. The first-order valence-corrected chi connectivity index (χ1v) is 8.14. The van der Waals surface area contributed by atoms with Crippen molar-refractivity contribution >= 4 is 35.1 Å². The van der Waals surface area contributed by atoms with Gasteiger partial charge in [-0.05, 0) is 31.0 Å². The van der Waals surface area contributed by atoms with Gasteiger partial charge in [0.15, 0.2) is 11.5 Å². The molecule has 0 bridgehead atoms. The molecule has 2 aromatic rings. The van der Waals surface area contributed by atoms with Gasteiger partial charge in [-0.25, -0.2) is 4.98 Å². The van der Waals surface area contributed by atoms with E-state index >= 15 is 0 Å². The first kappa shape index (κ1) is 19.7. The summed E-state index contributed by atoms with van der Waals surface area (Å²) in [6.45, 7) is 2.00. The number of benzene rings is 1. The second-order valence-electron chi connectivity index (χ2n) is 6.08. The Labute approximate surface area is 152 Å². The molecular formula is C17H24ClN3O4. The minimum absolute atomic E-state index is 0. The van der Waals surface area contributed by atoms with Crippen LogP contribution in [0.2, 0.25) is 0 Å². The molecule has 7 nitrogen and oxygen atoms in total. The van der Waals surface area contributed by atoms with Crippen LogP contribution in [-0.4, -0.2) is 44.4 Å². The van der Waals surface area contributed by atoms with Crippen molar-refractivity contribution in [2.24, 2.45) is 11.1 Å². The van der Waals surface area contributed by atoms with Crippen LogP contribution in [0, 0.1) is 5.41 Å². The van der Waals surface area contributed by atoms with E-state index in [-0.39, 0.29) is 18.3 Å². The van der Waals surface area contributed by atoms with Gasteiger partial charge in [0, 0.05) is 39.0 Å². The molecule has 0 spiro atoms. The normalized spacial score (nSPS) is 16.4. The van der Waals surface area contributed by atoms with Crippen molar-refractivity contribution in [3.05, 3.63) is 24.1 Å². The van der Waals surface area contributed by atoms with Gasteiger partial charge in [-0.2, -0.15) is 0 Å². The second-order valence-corrected chi connectivity index (χ2v) is 6.08. The predicted octanol–water partition coefficient (Wildman–Crippen LogP) is 2.13. The number of carbonyl (C=O) groups is 1. The average Bonchev–Trinajstić information content (AvgIpc) is 3.02. The molecule has 1 aromatic heterocycles. The van der Waals surface area contributed by atoms with Crippen LogP contribution in [0.1, 0.15) is 18.7 Å². The van der Waals surface area contributed by atoms with E-state index in [1.807, 2.05) is 18.2 Å². The van der Waals surface area contributed by atoms with Crippen LogP contribution in [0.3, 0.4) is 0 Å². The average molecular weight is 370 g/mol. The summed E-state index contributed by atoms with van der Waals surface area (Å²) in [5.41, 5.74) is 7.42. The van der Waals surface area contributed by atoms with Crippen molar-refractivity contribution < 1.29 is 18.7 Å². The Bertz CT molecular complexity index is 713. The molecule has 3 rings (SSSR count). The number of aromatic nitrogens is 1. The highest BCUT2D eigenvalue weighted by molar-refractivity contribution is 5.97. The first-order chi connectivity index (χ1) is 11.7. The summed E-state index contributed by atoms with van der Waals surface area (Å²) in [6.07, 6.45) is 1.90. The fourth-order valence-electron chi connectivity index (χ4n) is 2.90. The zero-order chi connectivity index (χ0) is 17.0. The van der Waals surface area contributed by atoms with Crippen LogP contribution in [0.25, 0.3) is 11.1 Å². The van der Waals surface area contributed by atoms with Crippen LogP contribution < -0.4 is 11.1 Å². The van der Waals surface area contributed by atoms with Crippen LogP contribution >= 0.6 is 12.4 Å². The molecule has 0 unspecified atom stereocenters. The van der Waals surface area contributed by atoms with Crippen LogP contribution in [0.15, 0.2) is 22.6 Å². The SMILES string of the molecule is COCCc1nc2cc(NC(=O)C3(CN)CCOCC3)ccc2o1.Cl. The topological polar surface area (TPSA) is 99.6 Å². The zero-order valence-corrected chi connectivity index (χ0v) is 15.1. The Balaban J connectivity index is 0.00000225. The maximum absolute atomic E-state index is 12.7. The van der Waals surface area contributed by atoms with Gasteiger partial charge in [-0.3, -0.25) is 4.79 Å². The first-order valence-electron chi connectivity index (χ1n) is 8.14. The lowest BCUT2D eigenvalue weighted by Gasteiger charge is -2.34. The fraction of sp³-hybridized carbons (Fsp3) is 0.529. The molecular weight excluding hydrogens is 346 g/mol. The molecule has 0 atom stereocenters. The molecule has 0 radical (unpaired) electrons. The number of oxazole rings is 1. The largest absolute Gasteiger partial charge is 0.441 e. The molecule has 3 N–H and O–H groups in total. The monoisotopic (exact) mass is 369 g/mol. The van der Waals surface area contributed by atoms with Gasteiger partial charge >= 0.3 is 0 Å². The number of rotatable bonds is 6. The van der Waals surface area contributed by atoms with Gasteiger partial charge in [-0.1, -0.05) is 0 Å². The summed E-state index contributed by atoms with van der Waals surface area (Å²) in [7, 11) is 1.64. The van der Waals surface area contributed by atoms with Gasteiger partial charge in [-0.15, -0.1) is 12.4 Å². The molecule has 25 heavy (non-hydrogen) atoms. The smallest absolute Gasteiger partial charge is 0.232 e. The minimum atomic E-state index is -0.555. The van der Waals surface area contributed by atoms with E-state index in [1.165, 1.54) is 0 Å². The maximum atomic E-state index is 12.7. The molecule has 0 aliphatic carbocycles. The number of nitrogens with two attached hydrogens (primary N) is 1. The number of hydrogen-bond acceptors (Lipinski definition) is 6. The van der Waals surface area contributed by atoms with Gasteiger partial charge in [0.25, 0.3) is 0 Å². The summed E-state index contributed by atoms with van der Waals surface area (Å²) >= 11 is 0. The molecule has 1 aromatic carbocycles. The number of methoxy groups -OCH3 is 1. The number of amides is 1. The Morgan fingerprint density at radius 2 is 2.16 bits per heavy atom. The maximum Gasteiger partial charge on any atom is 0.232 e. The molecule has 2 heterocycles. The standard InChI is InChI=1S/C17H23N3O4.ClH/c1-22-7-4-15-20-13-10-12(2-3-14(13)24-15)19-16(21)17(11-18)5-8-23-9-6-17;/h2-3,10H,4-9,11,18H2,1H3,(H,19,21);1H. The van der Waals surface area contributed by atoms with Crippen LogP contribution in [0.4, 0.5) is 5.69 Å². The highest BCUT2D eigenvalue weighted by Gasteiger charge is 2.38. The number of ether oxygens (including phenoxy) is 2. The van der Waals surface area contributed by atoms with Crippen molar-refractivity contribution in [3.8, 4) is 0 Å². The number of anilines is 1. The lowest BCUT2D eigenvalue weighted by Crippen LogP contribution is -2.46. The quantitative estimate of drug-likeness (QED) is 0.809. The lowest BCUT2D eigenvalue weighted by molar-refractivity contribution is -0.130. The molecule has 138 valence electrons. The highest BCUT2D eigenvalue weighted by Crippen LogP contribution is 2.31. The number of nitrogens with one attached hydrogen (secondary N) is 1. The van der Waals surface area contributed by atoms with Gasteiger partial charge in [0.1, 0.15) is 5.52 Å². The third kappa shape index (κ3) is 4.30. The Hall–Kier alpha value is -1.67. The minimum Gasteiger partial charge on any atom is -0.441 e. The molecule has 1 aliphatic heterocycles. The van der Waals surface area contributed by atoms with Crippen molar-refractivity contribution in [1.29, 1.82) is 0 Å². The molecule has 1 aliphatic rings. The molecule has 0 saturated carbocycles. The molecule has 1 saturated heterocycles. The summed E-state index contributed by atoms with van der Waals surface area (Å²) in [5, 5.41) is 2.97. The number of fused-ring (bicyclic) bond motifs is 1. The summed E-state index contributed by atoms with van der Waals surface area (Å²) in [4.78, 5) is 17.1. The third-order valence-corrected chi connectivity index (χ3v) is 4.53. The van der Waals surface area contributed by atoms with Crippen molar-refractivity contribution in [3.63, 3.8) is 0 Å². The summed E-state index contributed by atoms with van der Waals surface area (Å²) < 4.78 is 16.0. The van der Waals surface area contributed by atoms with Crippen molar-refractivity contribution in [1.82, 2.24) is 4.98 Å². The third-order valence-electron chi connectivity index (χ3n) is 4.53. The number of nitrogens with zero attached hydrogens (tertiary/aromatic N) is 1. The second kappa shape index (κ2) is 8.62. The van der Waals surface area contributed by atoms with Gasteiger partial charge in [0.05, 0.1) is 12.0 Å². The van der Waals surface area contributed by atoms with E-state index in [0.717, 1.165) is 0 Å². The number of carbonyl (C=O) groups excluding carboxylic acids is 1. The summed E-state index contributed by atoms with van der Waals surface area (Å²) in [6, 6.07) is 5.44. The summed E-state index contributed by atoms with van der Waals surface area (Å²) in [5.74, 6) is 0.564. The van der Waals surface area contributed by atoms with Crippen LogP contribution in [-0.2, 0) is 20.7 Å². The van der Waals surface area contributed by atoms with E-state index in [9.17, 15) is 4.79 Å². The number of halogens is 1. The van der Waals surface area contributed by atoms with E-state index < -0.39 is 5.41 Å². The molecule has 1 amide bonds. The molecule has 1 fully saturated rings. The van der Waals surface area contributed by atoms with Crippen LogP contribution in [0.5, 0.6) is 0 Å². The van der Waals surface area contributed by atoms with E-state index in [1.54, 1.807) is 7.11 Å². The van der Waals surface area contributed by atoms with E-state index in [2.05, 4.69) is 10.3 Å². The van der Waals surface area contributed by atoms with Gasteiger partial charge < -0.3 is 24.9 Å². The zero-order valence-electron chi connectivity index (χ0n) is 14.2. The van der Waals surface area contributed by atoms with Crippen molar-refractivity contribution in [2.75, 3.05) is 38.8 Å².